The summed E-state index contributed by atoms with van der Waals surface area (Å²) in [5, 5.41) is 0. The van der Waals surface area contributed by atoms with Crippen molar-refractivity contribution >= 4 is 5.78 Å². The monoisotopic (exact) mass is 274 g/mol. The summed E-state index contributed by atoms with van der Waals surface area (Å²) in [4.78, 5) is 12.8. The van der Waals surface area contributed by atoms with Gasteiger partial charge in [-0.2, -0.15) is 0 Å². The Balaban J connectivity index is 2.17. The molecule has 1 aromatic rings. The van der Waals surface area contributed by atoms with Crippen molar-refractivity contribution in [1.29, 1.82) is 0 Å². The third-order valence-electron chi connectivity index (χ3n) is 4.50. The first-order chi connectivity index (χ1) is 9.45. The maximum Gasteiger partial charge on any atom is 0.168 e. The van der Waals surface area contributed by atoms with Crippen LogP contribution in [0.4, 0.5) is 0 Å². The van der Waals surface area contributed by atoms with Crippen LogP contribution >= 0.6 is 0 Å². The highest BCUT2D eigenvalue weighted by Gasteiger charge is 2.41. The van der Waals surface area contributed by atoms with Crippen LogP contribution in [0.15, 0.2) is 18.2 Å². The van der Waals surface area contributed by atoms with Gasteiger partial charge in [0.25, 0.3) is 0 Å². The van der Waals surface area contributed by atoms with Crippen LogP contribution in [0.3, 0.4) is 0 Å². The molecule has 1 aliphatic rings. The second-order valence-corrected chi connectivity index (χ2v) is 6.50. The van der Waals surface area contributed by atoms with E-state index in [4.69, 9.17) is 4.74 Å². The molecular formula is C18H26O2. The molecule has 0 saturated heterocycles. The van der Waals surface area contributed by atoms with E-state index in [0.717, 1.165) is 24.8 Å². The van der Waals surface area contributed by atoms with Crippen LogP contribution < -0.4 is 0 Å². The molecule has 0 aliphatic heterocycles. The largest absolute Gasteiger partial charge is 0.370 e. The smallest absolute Gasteiger partial charge is 0.168 e. The van der Waals surface area contributed by atoms with Gasteiger partial charge in [0.1, 0.15) is 5.60 Å². The SMILES string of the molecule is COC1(C(=O)Cc2cc(C)cc(C)c2)CCCC(C)C1. The molecule has 1 fully saturated rings. The average molecular weight is 274 g/mol. The molecule has 1 aliphatic carbocycles. The third kappa shape index (κ3) is 3.29. The van der Waals surface area contributed by atoms with Crippen molar-refractivity contribution in [1.82, 2.24) is 0 Å². The van der Waals surface area contributed by atoms with E-state index in [0.29, 0.717) is 12.3 Å². The Bertz CT molecular complexity index is 472. The van der Waals surface area contributed by atoms with Gasteiger partial charge in [0.15, 0.2) is 5.78 Å². The van der Waals surface area contributed by atoms with Gasteiger partial charge in [0, 0.05) is 13.5 Å². The van der Waals surface area contributed by atoms with Gasteiger partial charge in [-0.1, -0.05) is 42.7 Å². The number of carbonyl (C=O) groups excluding carboxylic acids is 1. The van der Waals surface area contributed by atoms with Gasteiger partial charge in [-0.25, -0.2) is 0 Å². The van der Waals surface area contributed by atoms with Crippen molar-refractivity contribution in [2.75, 3.05) is 7.11 Å². The number of carbonyl (C=O) groups is 1. The number of ketones is 1. The number of methoxy groups -OCH3 is 1. The van der Waals surface area contributed by atoms with Crippen LogP contribution in [0, 0.1) is 19.8 Å². The molecule has 0 N–H and O–H groups in total. The van der Waals surface area contributed by atoms with Gasteiger partial charge in [-0.15, -0.1) is 0 Å². The Hall–Kier alpha value is -1.15. The van der Waals surface area contributed by atoms with E-state index in [1.165, 1.54) is 17.5 Å². The lowest BCUT2D eigenvalue weighted by atomic mass is 9.75. The zero-order valence-corrected chi connectivity index (χ0v) is 13.2. The summed E-state index contributed by atoms with van der Waals surface area (Å²) in [5.74, 6) is 0.823. The lowest BCUT2D eigenvalue weighted by molar-refractivity contribution is -0.146. The molecule has 0 heterocycles. The summed E-state index contributed by atoms with van der Waals surface area (Å²) in [6.45, 7) is 6.38. The molecule has 1 aromatic carbocycles. The van der Waals surface area contributed by atoms with Crippen LogP contribution in [0.2, 0.25) is 0 Å². The molecule has 20 heavy (non-hydrogen) atoms. The fourth-order valence-corrected chi connectivity index (χ4v) is 3.57. The Morgan fingerprint density at radius 1 is 1.30 bits per heavy atom. The first kappa shape index (κ1) is 15.2. The molecule has 0 spiro atoms. The van der Waals surface area contributed by atoms with E-state index in [1.54, 1.807) is 7.11 Å². The van der Waals surface area contributed by atoms with Crippen LogP contribution in [-0.4, -0.2) is 18.5 Å². The van der Waals surface area contributed by atoms with E-state index >= 15 is 0 Å². The summed E-state index contributed by atoms with van der Waals surface area (Å²) in [5.41, 5.74) is 3.00. The number of Topliss-reactive ketones (excluding diaryl/α,β-unsaturated/α-hetero) is 1. The molecule has 1 saturated carbocycles. The zero-order valence-electron chi connectivity index (χ0n) is 13.2. The van der Waals surface area contributed by atoms with Crippen molar-refractivity contribution in [2.24, 2.45) is 5.92 Å². The van der Waals surface area contributed by atoms with Crippen molar-refractivity contribution < 1.29 is 9.53 Å². The number of hydrogen-bond donors (Lipinski definition) is 0. The topological polar surface area (TPSA) is 26.3 Å². The van der Waals surface area contributed by atoms with Crippen molar-refractivity contribution in [2.45, 2.75) is 58.5 Å². The van der Waals surface area contributed by atoms with Gasteiger partial charge in [0.05, 0.1) is 0 Å². The maximum absolute atomic E-state index is 12.8. The minimum Gasteiger partial charge on any atom is -0.370 e. The number of aryl methyl sites for hydroxylation is 2. The van der Waals surface area contributed by atoms with Gasteiger partial charge in [-0.05, 0) is 44.6 Å². The summed E-state index contributed by atoms with van der Waals surface area (Å²) >= 11 is 0. The second-order valence-electron chi connectivity index (χ2n) is 6.50. The minimum absolute atomic E-state index is 0.247. The molecule has 2 heteroatoms. The molecule has 0 amide bonds. The van der Waals surface area contributed by atoms with Gasteiger partial charge in [-0.3, -0.25) is 4.79 Å². The Morgan fingerprint density at radius 2 is 1.95 bits per heavy atom. The highest BCUT2D eigenvalue weighted by molar-refractivity contribution is 5.89. The van der Waals surface area contributed by atoms with Gasteiger partial charge in [0.2, 0.25) is 0 Å². The molecule has 2 nitrogen and oxygen atoms in total. The van der Waals surface area contributed by atoms with Crippen LogP contribution in [0.1, 0.15) is 49.3 Å². The minimum atomic E-state index is -0.546. The lowest BCUT2D eigenvalue weighted by Gasteiger charge is -2.37. The molecule has 2 unspecified atom stereocenters. The number of ether oxygens (including phenoxy) is 1. The standard InChI is InChI=1S/C18H26O2/c1-13-6-5-7-18(12-13,20-4)17(19)11-16-9-14(2)8-15(3)10-16/h8-10,13H,5-7,11-12H2,1-4H3. The highest BCUT2D eigenvalue weighted by atomic mass is 16.5. The normalized spacial score (nSPS) is 26.5. The molecule has 2 atom stereocenters. The predicted octanol–water partition coefficient (Wildman–Crippen LogP) is 4.01. The summed E-state index contributed by atoms with van der Waals surface area (Å²) < 4.78 is 5.69. The fraction of sp³-hybridized carbons (Fsp3) is 0.611. The summed E-state index contributed by atoms with van der Waals surface area (Å²) in [6.07, 6.45) is 4.53. The average Bonchev–Trinajstić information content (AvgIpc) is 2.37. The number of rotatable bonds is 4. The van der Waals surface area contributed by atoms with E-state index in [9.17, 15) is 4.79 Å². The third-order valence-corrected chi connectivity index (χ3v) is 4.50. The molecule has 110 valence electrons. The van der Waals surface area contributed by atoms with Crippen molar-refractivity contribution in [3.8, 4) is 0 Å². The van der Waals surface area contributed by atoms with E-state index < -0.39 is 5.60 Å². The predicted molar refractivity (Wildman–Crippen MR) is 82.0 cm³/mol. The molecule has 0 aromatic heterocycles. The fourth-order valence-electron chi connectivity index (χ4n) is 3.57. The quantitative estimate of drug-likeness (QED) is 0.829. The summed E-state index contributed by atoms with van der Waals surface area (Å²) in [6, 6.07) is 6.36. The Kier molecular flexibility index (Phi) is 4.64. The van der Waals surface area contributed by atoms with Crippen LogP contribution in [0.5, 0.6) is 0 Å². The molecule has 0 radical (unpaired) electrons. The molecule has 0 bridgehead atoms. The Labute approximate surface area is 122 Å². The van der Waals surface area contributed by atoms with E-state index in [1.807, 2.05) is 0 Å². The lowest BCUT2D eigenvalue weighted by Crippen LogP contribution is -2.45. The first-order valence-corrected chi connectivity index (χ1v) is 7.61. The Morgan fingerprint density at radius 3 is 2.50 bits per heavy atom. The highest BCUT2D eigenvalue weighted by Crippen LogP contribution is 2.36. The zero-order chi connectivity index (χ0) is 14.8. The second kappa shape index (κ2) is 6.09. The first-order valence-electron chi connectivity index (χ1n) is 7.61. The van der Waals surface area contributed by atoms with Crippen molar-refractivity contribution in [3.05, 3.63) is 34.9 Å². The van der Waals surface area contributed by atoms with Crippen LogP contribution in [-0.2, 0) is 16.0 Å². The molecule has 2 rings (SSSR count). The van der Waals surface area contributed by atoms with Crippen molar-refractivity contribution in [3.63, 3.8) is 0 Å². The van der Waals surface area contributed by atoms with E-state index in [-0.39, 0.29) is 5.78 Å². The van der Waals surface area contributed by atoms with Crippen LogP contribution in [0.25, 0.3) is 0 Å². The van der Waals surface area contributed by atoms with E-state index in [2.05, 4.69) is 39.0 Å². The summed E-state index contributed by atoms with van der Waals surface area (Å²) in [7, 11) is 1.69. The number of benzene rings is 1. The number of hydrogen-bond acceptors (Lipinski definition) is 2. The molecular weight excluding hydrogens is 248 g/mol. The maximum atomic E-state index is 12.8. The van der Waals surface area contributed by atoms with Gasteiger partial charge < -0.3 is 4.74 Å². The van der Waals surface area contributed by atoms with Gasteiger partial charge >= 0.3 is 0 Å².